The van der Waals surface area contributed by atoms with Crippen LogP contribution in [0.15, 0.2) is 36.9 Å². The summed E-state index contributed by atoms with van der Waals surface area (Å²) in [7, 11) is 0. The maximum absolute atomic E-state index is 5.85. The Morgan fingerprint density at radius 2 is 2.16 bits per heavy atom. The van der Waals surface area contributed by atoms with E-state index in [9.17, 15) is 0 Å². The number of ether oxygens (including phenoxy) is 1. The molecule has 0 radical (unpaired) electrons. The summed E-state index contributed by atoms with van der Waals surface area (Å²) in [4.78, 5) is 13.2. The fourth-order valence-electron chi connectivity index (χ4n) is 3.05. The van der Waals surface area contributed by atoms with Crippen molar-refractivity contribution in [2.24, 2.45) is 5.73 Å². The van der Waals surface area contributed by atoms with Gasteiger partial charge in [0, 0.05) is 12.2 Å². The van der Waals surface area contributed by atoms with Gasteiger partial charge in [0.15, 0.2) is 17.0 Å². The molecule has 1 saturated heterocycles. The zero-order valence-corrected chi connectivity index (χ0v) is 13.6. The highest BCUT2D eigenvalue weighted by Crippen LogP contribution is 2.31. The minimum Gasteiger partial charge on any atom is -0.342 e. The van der Waals surface area contributed by atoms with Gasteiger partial charge in [-0.15, -0.1) is 6.42 Å². The standard InChI is InChI=1S/C18H18N6O/c1-2-13-7-8-15(25-13)24-11-22-16-17(20-10-21-18(16)24)23-14-6-4-3-5-12(14)9-19/h1,3-6,10-11,13,15H,7-9,19H2,(H,20,21,23). The number of rotatable bonds is 4. The first-order valence-electron chi connectivity index (χ1n) is 8.14. The van der Waals surface area contributed by atoms with Gasteiger partial charge in [0.05, 0.1) is 6.33 Å². The van der Waals surface area contributed by atoms with Gasteiger partial charge in [0.1, 0.15) is 18.7 Å². The number of hydrogen-bond acceptors (Lipinski definition) is 6. The summed E-state index contributed by atoms with van der Waals surface area (Å²) in [6.07, 6.45) is 10.1. The van der Waals surface area contributed by atoms with Crippen molar-refractivity contribution in [3.63, 3.8) is 0 Å². The quantitative estimate of drug-likeness (QED) is 0.712. The summed E-state index contributed by atoms with van der Waals surface area (Å²) in [5, 5.41) is 3.31. The van der Waals surface area contributed by atoms with Gasteiger partial charge < -0.3 is 15.8 Å². The molecule has 7 nitrogen and oxygen atoms in total. The molecular weight excluding hydrogens is 316 g/mol. The summed E-state index contributed by atoms with van der Waals surface area (Å²) in [5.74, 6) is 3.28. The van der Waals surface area contributed by atoms with Gasteiger partial charge in [-0.2, -0.15) is 0 Å². The zero-order valence-electron chi connectivity index (χ0n) is 13.6. The third-order valence-corrected chi connectivity index (χ3v) is 4.34. The number of nitrogens with two attached hydrogens (primary N) is 1. The molecule has 126 valence electrons. The van der Waals surface area contributed by atoms with Crippen molar-refractivity contribution in [1.29, 1.82) is 0 Å². The number of imidazole rings is 1. The summed E-state index contributed by atoms with van der Waals surface area (Å²) in [6.45, 7) is 0.440. The lowest BCUT2D eigenvalue weighted by Crippen LogP contribution is -2.10. The van der Waals surface area contributed by atoms with Crippen molar-refractivity contribution in [1.82, 2.24) is 19.5 Å². The fraction of sp³-hybridized carbons (Fsp3) is 0.278. The van der Waals surface area contributed by atoms with Crippen molar-refractivity contribution in [2.45, 2.75) is 31.7 Å². The van der Waals surface area contributed by atoms with Crippen molar-refractivity contribution >= 4 is 22.7 Å². The average molecular weight is 334 g/mol. The summed E-state index contributed by atoms with van der Waals surface area (Å²) < 4.78 is 7.76. The topological polar surface area (TPSA) is 90.9 Å². The SMILES string of the molecule is C#CC1CCC(n2cnc3c(Nc4ccccc4CN)ncnc32)O1. The second kappa shape index (κ2) is 6.51. The lowest BCUT2D eigenvalue weighted by atomic mass is 10.2. The van der Waals surface area contributed by atoms with Crippen LogP contribution in [0, 0.1) is 12.3 Å². The minimum atomic E-state index is -0.154. The number of nitrogens with zero attached hydrogens (tertiary/aromatic N) is 4. The Morgan fingerprint density at radius 1 is 1.28 bits per heavy atom. The molecule has 0 amide bonds. The van der Waals surface area contributed by atoms with Crippen LogP contribution in [0.2, 0.25) is 0 Å². The molecule has 0 bridgehead atoms. The van der Waals surface area contributed by atoms with E-state index in [4.69, 9.17) is 16.9 Å². The largest absolute Gasteiger partial charge is 0.342 e. The third-order valence-electron chi connectivity index (χ3n) is 4.34. The first-order valence-corrected chi connectivity index (χ1v) is 8.14. The molecule has 2 unspecified atom stereocenters. The Morgan fingerprint density at radius 3 is 2.96 bits per heavy atom. The molecule has 0 aliphatic carbocycles. The van der Waals surface area contributed by atoms with Crippen LogP contribution in [0.5, 0.6) is 0 Å². The van der Waals surface area contributed by atoms with Gasteiger partial charge in [-0.25, -0.2) is 15.0 Å². The van der Waals surface area contributed by atoms with Crippen molar-refractivity contribution in [3.05, 3.63) is 42.5 Å². The molecule has 1 aliphatic rings. The fourth-order valence-corrected chi connectivity index (χ4v) is 3.05. The molecular formula is C18H18N6O. The number of para-hydroxylation sites is 1. The van der Waals surface area contributed by atoms with Crippen LogP contribution >= 0.6 is 0 Å². The van der Waals surface area contributed by atoms with E-state index in [0.29, 0.717) is 23.5 Å². The van der Waals surface area contributed by atoms with E-state index in [1.807, 2.05) is 28.8 Å². The second-order valence-electron chi connectivity index (χ2n) is 5.86. The van der Waals surface area contributed by atoms with Crippen LogP contribution in [-0.2, 0) is 11.3 Å². The first-order chi connectivity index (χ1) is 12.3. The van der Waals surface area contributed by atoms with Gasteiger partial charge in [0.25, 0.3) is 0 Å². The minimum absolute atomic E-state index is 0.148. The molecule has 2 aromatic heterocycles. The molecule has 1 aromatic carbocycles. The van der Waals surface area contributed by atoms with Gasteiger partial charge in [-0.1, -0.05) is 24.1 Å². The summed E-state index contributed by atoms with van der Waals surface area (Å²) >= 11 is 0. The molecule has 4 rings (SSSR count). The molecule has 1 aliphatic heterocycles. The monoisotopic (exact) mass is 334 g/mol. The predicted octanol–water partition coefficient (Wildman–Crippen LogP) is 2.34. The van der Waals surface area contributed by atoms with Gasteiger partial charge in [-0.3, -0.25) is 4.57 Å². The number of benzene rings is 1. The zero-order chi connectivity index (χ0) is 17.2. The Labute approximate surface area is 145 Å². The Bertz CT molecular complexity index is 944. The number of fused-ring (bicyclic) bond motifs is 1. The Hall–Kier alpha value is -2.95. The second-order valence-corrected chi connectivity index (χ2v) is 5.86. The number of nitrogens with one attached hydrogen (secondary N) is 1. The maximum Gasteiger partial charge on any atom is 0.167 e. The molecule has 3 aromatic rings. The van der Waals surface area contributed by atoms with Crippen LogP contribution in [0.25, 0.3) is 11.2 Å². The summed E-state index contributed by atoms with van der Waals surface area (Å²) in [6, 6.07) is 7.85. The molecule has 25 heavy (non-hydrogen) atoms. The predicted molar refractivity (Wildman–Crippen MR) is 94.9 cm³/mol. The number of hydrogen-bond donors (Lipinski definition) is 2. The molecule has 1 fully saturated rings. The van der Waals surface area contributed by atoms with E-state index < -0.39 is 0 Å². The number of anilines is 2. The van der Waals surface area contributed by atoms with E-state index >= 15 is 0 Å². The van der Waals surface area contributed by atoms with E-state index in [0.717, 1.165) is 24.1 Å². The van der Waals surface area contributed by atoms with Gasteiger partial charge in [-0.05, 0) is 24.5 Å². The molecule has 3 N–H and O–H groups in total. The van der Waals surface area contributed by atoms with Crippen LogP contribution < -0.4 is 11.1 Å². The van der Waals surface area contributed by atoms with Crippen LogP contribution in [0.3, 0.4) is 0 Å². The lowest BCUT2D eigenvalue weighted by Gasteiger charge is -2.13. The smallest absolute Gasteiger partial charge is 0.167 e. The van der Waals surface area contributed by atoms with E-state index in [-0.39, 0.29) is 12.3 Å². The normalized spacial score (nSPS) is 19.8. The summed E-state index contributed by atoms with van der Waals surface area (Å²) in [5.41, 5.74) is 9.11. The van der Waals surface area contributed by atoms with Crippen LogP contribution in [0.4, 0.5) is 11.5 Å². The van der Waals surface area contributed by atoms with E-state index in [1.165, 1.54) is 6.33 Å². The lowest BCUT2D eigenvalue weighted by molar-refractivity contribution is 0.0300. The van der Waals surface area contributed by atoms with Crippen molar-refractivity contribution < 1.29 is 4.74 Å². The van der Waals surface area contributed by atoms with Gasteiger partial charge in [0.2, 0.25) is 0 Å². The highest BCUT2D eigenvalue weighted by Gasteiger charge is 2.27. The molecule has 7 heteroatoms. The Balaban J connectivity index is 1.69. The van der Waals surface area contributed by atoms with Crippen LogP contribution in [0.1, 0.15) is 24.6 Å². The first kappa shape index (κ1) is 15.6. The molecule has 2 atom stereocenters. The maximum atomic E-state index is 5.85. The third kappa shape index (κ3) is 2.82. The number of aromatic nitrogens is 4. The highest BCUT2D eigenvalue weighted by atomic mass is 16.5. The van der Waals surface area contributed by atoms with Crippen LogP contribution in [-0.4, -0.2) is 25.6 Å². The van der Waals surface area contributed by atoms with Crippen molar-refractivity contribution in [2.75, 3.05) is 5.32 Å². The average Bonchev–Trinajstić information content (AvgIpc) is 3.29. The number of terminal acetylenes is 1. The molecule has 3 heterocycles. The molecule has 0 saturated carbocycles. The Kier molecular flexibility index (Phi) is 4.06. The van der Waals surface area contributed by atoms with E-state index in [1.54, 1.807) is 6.33 Å². The van der Waals surface area contributed by atoms with Crippen molar-refractivity contribution in [3.8, 4) is 12.3 Å². The van der Waals surface area contributed by atoms with Gasteiger partial charge >= 0.3 is 0 Å². The highest BCUT2D eigenvalue weighted by molar-refractivity contribution is 5.85. The van der Waals surface area contributed by atoms with E-state index in [2.05, 4.69) is 26.2 Å². The molecule has 0 spiro atoms.